The molecular weight excluding hydrogens is 236 g/mol. The van der Waals surface area contributed by atoms with Gasteiger partial charge in [0.2, 0.25) is 0 Å². The van der Waals surface area contributed by atoms with E-state index in [1.807, 2.05) is 25.1 Å². The zero-order valence-electron chi connectivity index (χ0n) is 11.1. The predicted octanol–water partition coefficient (Wildman–Crippen LogP) is 3.44. The fourth-order valence-electron chi connectivity index (χ4n) is 3.54. The number of fused-ring (bicyclic) bond motifs is 3. The van der Waals surface area contributed by atoms with Crippen LogP contribution in [0.2, 0.25) is 0 Å². The van der Waals surface area contributed by atoms with Gasteiger partial charge < -0.3 is 5.11 Å². The summed E-state index contributed by atoms with van der Waals surface area (Å²) in [6, 6.07) is 5.64. The first-order valence-corrected chi connectivity index (χ1v) is 6.86. The van der Waals surface area contributed by atoms with Crippen molar-refractivity contribution in [1.29, 1.82) is 0 Å². The van der Waals surface area contributed by atoms with Crippen LogP contribution >= 0.6 is 0 Å². The Morgan fingerprint density at radius 3 is 2.89 bits per heavy atom. The number of carbonyl (C=O) groups is 1. The van der Waals surface area contributed by atoms with E-state index in [0.717, 1.165) is 19.3 Å². The third-order valence-electron chi connectivity index (χ3n) is 4.36. The minimum atomic E-state index is -0.121. The van der Waals surface area contributed by atoms with Crippen molar-refractivity contribution in [3.8, 4) is 5.75 Å². The van der Waals surface area contributed by atoms with Gasteiger partial charge in [0.25, 0.3) is 0 Å². The number of benzene rings is 1. The Kier molecular flexibility index (Phi) is 2.81. The van der Waals surface area contributed by atoms with E-state index in [1.54, 1.807) is 6.07 Å². The Morgan fingerprint density at radius 2 is 2.11 bits per heavy atom. The number of carbonyl (C=O) groups excluding carboxylic acids is 1. The molecule has 0 heterocycles. The lowest BCUT2D eigenvalue weighted by Gasteiger charge is -2.41. The topological polar surface area (TPSA) is 37.3 Å². The first-order valence-electron chi connectivity index (χ1n) is 6.86. The summed E-state index contributed by atoms with van der Waals surface area (Å²) in [5.74, 6) is 0.575. The number of ketones is 1. The largest absolute Gasteiger partial charge is 0.508 e. The molecule has 2 heteroatoms. The third-order valence-corrected chi connectivity index (χ3v) is 4.36. The molecule has 1 aromatic rings. The molecule has 2 nitrogen and oxygen atoms in total. The molecule has 19 heavy (non-hydrogen) atoms. The first-order chi connectivity index (χ1) is 9.15. The van der Waals surface area contributed by atoms with E-state index in [-0.39, 0.29) is 11.2 Å². The lowest BCUT2D eigenvalue weighted by Crippen LogP contribution is -2.35. The SMILES string of the molecule is C/C=C/[C@@]12CCC(=O)C=C1CCc1cc(O)ccc12. The van der Waals surface area contributed by atoms with E-state index >= 15 is 0 Å². The van der Waals surface area contributed by atoms with Crippen LogP contribution in [0.15, 0.2) is 42.0 Å². The monoisotopic (exact) mass is 254 g/mol. The van der Waals surface area contributed by atoms with Crippen molar-refractivity contribution in [3.63, 3.8) is 0 Å². The van der Waals surface area contributed by atoms with E-state index in [1.165, 1.54) is 16.7 Å². The Morgan fingerprint density at radius 1 is 1.26 bits per heavy atom. The van der Waals surface area contributed by atoms with Crippen LogP contribution in [0.25, 0.3) is 0 Å². The summed E-state index contributed by atoms with van der Waals surface area (Å²) < 4.78 is 0. The maximum absolute atomic E-state index is 11.7. The second kappa shape index (κ2) is 4.37. The molecule has 1 N–H and O–H groups in total. The zero-order valence-corrected chi connectivity index (χ0v) is 11.1. The molecule has 0 spiro atoms. The van der Waals surface area contributed by atoms with Gasteiger partial charge in [-0.25, -0.2) is 0 Å². The third kappa shape index (κ3) is 1.83. The van der Waals surface area contributed by atoms with Crippen LogP contribution in [-0.4, -0.2) is 10.9 Å². The molecule has 2 aliphatic carbocycles. The standard InChI is InChI=1S/C17H18O2/c1-2-8-17-9-7-15(19)11-13(17)4-3-12-10-14(18)5-6-16(12)17/h2,5-6,8,10-11,18H,3-4,7,9H2,1H3/b8-2+/t17-/m1/s1. The Balaban J connectivity index is 2.23. The Bertz CT molecular complexity index is 595. The quantitative estimate of drug-likeness (QED) is 0.779. The van der Waals surface area contributed by atoms with Crippen molar-refractivity contribution in [2.75, 3.05) is 0 Å². The van der Waals surface area contributed by atoms with Gasteiger partial charge in [0, 0.05) is 11.8 Å². The summed E-state index contributed by atoms with van der Waals surface area (Å²) in [4.78, 5) is 11.7. The molecule has 0 amide bonds. The average molecular weight is 254 g/mol. The lowest BCUT2D eigenvalue weighted by molar-refractivity contribution is -0.115. The zero-order chi connectivity index (χ0) is 13.5. The second-order valence-electron chi connectivity index (χ2n) is 5.45. The minimum Gasteiger partial charge on any atom is -0.508 e. The highest BCUT2D eigenvalue weighted by molar-refractivity contribution is 5.92. The maximum atomic E-state index is 11.7. The van der Waals surface area contributed by atoms with Crippen LogP contribution in [-0.2, 0) is 16.6 Å². The molecule has 0 saturated carbocycles. The highest BCUT2D eigenvalue weighted by Gasteiger charge is 2.40. The van der Waals surface area contributed by atoms with Gasteiger partial charge >= 0.3 is 0 Å². The van der Waals surface area contributed by atoms with E-state index in [2.05, 4.69) is 12.2 Å². The molecule has 3 rings (SSSR count). The molecule has 0 unspecified atom stereocenters. The summed E-state index contributed by atoms with van der Waals surface area (Å²) in [6.45, 7) is 2.03. The van der Waals surface area contributed by atoms with Crippen LogP contribution in [0.5, 0.6) is 5.75 Å². The number of aryl methyl sites for hydroxylation is 1. The molecule has 98 valence electrons. The average Bonchev–Trinajstić information content (AvgIpc) is 2.39. The van der Waals surface area contributed by atoms with Gasteiger partial charge in [0.15, 0.2) is 5.78 Å². The first kappa shape index (κ1) is 12.2. The Hall–Kier alpha value is -1.83. The normalized spacial score (nSPS) is 25.9. The van der Waals surface area contributed by atoms with E-state index in [9.17, 15) is 9.90 Å². The summed E-state index contributed by atoms with van der Waals surface area (Å²) in [6.07, 6.45) is 9.41. The smallest absolute Gasteiger partial charge is 0.155 e. The van der Waals surface area contributed by atoms with Crippen molar-refractivity contribution in [3.05, 3.63) is 53.1 Å². The molecule has 0 aliphatic heterocycles. The van der Waals surface area contributed by atoms with Crippen LogP contribution in [0, 0.1) is 0 Å². The molecule has 0 bridgehead atoms. The molecule has 0 saturated heterocycles. The molecule has 0 aromatic heterocycles. The lowest BCUT2D eigenvalue weighted by atomic mass is 9.62. The summed E-state index contributed by atoms with van der Waals surface area (Å²) in [5.41, 5.74) is 3.59. The number of phenolic OH excluding ortho intramolecular Hbond substituents is 1. The fraction of sp³-hybridized carbons (Fsp3) is 0.353. The van der Waals surface area contributed by atoms with Crippen LogP contribution in [0.3, 0.4) is 0 Å². The molecule has 1 atom stereocenters. The van der Waals surface area contributed by atoms with Crippen molar-refractivity contribution in [2.24, 2.45) is 0 Å². The van der Waals surface area contributed by atoms with Gasteiger partial charge in [-0.1, -0.05) is 23.8 Å². The molecule has 1 aromatic carbocycles. The highest BCUT2D eigenvalue weighted by Crippen LogP contribution is 2.48. The van der Waals surface area contributed by atoms with E-state index in [4.69, 9.17) is 0 Å². The van der Waals surface area contributed by atoms with Crippen LogP contribution < -0.4 is 0 Å². The van der Waals surface area contributed by atoms with Gasteiger partial charge in [-0.05, 0) is 55.5 Å². The molecule has 0 radical (unpaired) electrons. The Labute approximate surface area is 113 Å². The number of hydrogen-bond donors (Lipinski definition) is 1. The summed E-state index contributed by atoms with van der Waals surface area (Å²) in [5, 5.41) is 9.65. The summed E-state index contributed by atoms with van der Waals surface area (Å²) >= 11 is 0. The van der Waals surface area contributed by atoms with Gasteiger partial charge in [0.05, 0.1) is 0 Å². The molecule has 0 fully saturated rings. The van der Waals surface area contributed by atoms with Gasteiger partial charge in [-0.2, -0.15) is 0 Å². The number of hydrogen-bond acceptors (Lipinski definition) is 2. The van der Waals surface area contributed by atoms with Gasteiger partial charge in [0.1, 0.15) is 5.75 Å². The van der Waals surface area contributed by atoms with Crippen molar-refractivity contribution >= 4 is 5.78 Å². The second-order valence-corrected chi connectivity index (χ2v) is 5.45. The van der Waals surface area contributed by atoms with E-state index < -0.39 is 0 Å². The van der Waals surface area contributed by atoms with Gasteiger partial charge in [-0.15, -0.1) is 0 Å². The molecule has 2 aliphatic rings. The van der Waals surface area contributed by atoms with Crippen molar-refractivity contribution < 1.29 is 9.90 Å². The van der Waals surface area contributed by atoms with Gasteiger partial charge in [-0.3, -0.25) is 4.79 Å². The van der Waals surface area contributed by atoms with Crippen molar-refractivity contribution in [1.82, 2.24) is 0 Å². The number of rotatable bonds is 1. The fourth-order valence-corrected chi connectivity index (χ4v) is 3.54. The van der Waals surface area contributed by atoms with Crippen molar-refractivity contribution in [2.45, 2.75) is 38.0 Å². The van der Waals surface area contributed by atoms with Crippen LogP contribution in [0.4, 0.5) is 0 Å². The van der Waals surface area contributed by atoms with Crippen LogP contribution in [0.1, 0.15) is 37.3 Å². The molecular formula is C17H18O2. The number of phenols is 1. The summed E-state index contributed by atoms with van der Waals surface area (Å²) in [7, 11) is 0. The maximum Gasteiger partial charge on any atom is 0.155 e. The predicted molar refractivity (Wildman–Crippen MR) is 75.2 cm³/mol. The number of aromatic hydroxyl groups is 1. The minimum absolute atomic E-state index is 0.121. The van der Waals surface area contributed by atoms with E-state index in [0.29, 0.717) is 12.2 Å². The number of allylic oxidation sites excluding steroid dienone is 4. The highest BCUT2D eigenvalue weighted by atomic mass is 16.3.